The number of halogens is 1. The maximum atomic E-state index is 13.0. The fourth-order valence-corrected chi connectivity index (χ4v) is 1.72. The first kappa shape index (κ1) is 9.00. The molecule has 0 aliphatic rings. The van der Waals surface area contributed by atoms with Crippen LogP contribution in [0.1, 0.15) is 11.1 Å². The number of furan rings is 1. The van der Waals surface area contributed by atoms with Gasteiger partial charge in [0.25, 0.3) is 0 Å². The van der Waals surface area contributed by atoms with Gasteiger partial charge in [0.05, 0.1) is 6.26 Å². The monoisotopic (exact) mass is 190 g/mol. The van der Waals surface area contributed by atoms with E-state index < -0.39 is 0 Å². The summed E-state index contributed by atoms with van der Waals surface area (Å²) < 4.78 is 18.3. The van der Waals surface area contributed by atoms with Gasteiger partial charge in [0.15, 0.2) is 0 Å². The predicted molar refractivity (Wildman–Crippen MR) is 53.6 cm³/mol. The summed E-state index contributed by atoms with van der Waals surface area (Å²) >= 11 is 0. The molecular formula is C12H11FO. The number of hydrogen-bond donors (Lipinski definition) is 0. The Bertz CT molecular complexity index is 420. The average Bonchev–Trinajstić information content (AvgIpc) is 2.54. The Morgan fingerprint density at radius 3 is 2.29 bits per heavy atom. The molecule has 0 saturated carbocycles. The summed E-state index contributed by atoms with van der Waals surface area (Å²) in [4.78, 5) is 0. The third-order valence-corrected chi connectivity index (χ3v) is 2.27. The van der Waals surface area contributed by atoms with Crippen molar-refractivity contribution in [2.24, 2.45) is 0 Å². The van der Waals surface area contributed by atoms with Crippen LogP contribution >= 0.6 is 0 Å². The molecular weight excluding hydrogens is 179 g/mol. The average molecular weight is 190 g/mol. The lowest BCUT2D eigenvalue weighted by molar-refractivity contribution is 0.580. The molecule has 2 rings (SSSR count). The minimum absolute atomic E-state index is 0.199. The second-order valence-corrected chi connectivity index (χ2v) is 3.39. The van der Waals surface area contributed by atoms with Crippen LogP contribution in [0, 0.1) is 19.7 Å². The lowest BCUT2D eigenvalue weighted by Crippen LogP contribution is -1.88. The summed E-state index contributed by atoms with van der Waals surface area (Å²) in [7, 11) is 0. The molecule has 1 aromatic heterocycles. The van der Waals surface area contributed by atoms with Crippen LogP contribution in [0.3, 0.4) is 0 Å². The Morgan fingerprint density at radius 2 is 1.79 bits per heavy atom. The van der Waals surface area contributed by atoms with Gasteiger partial charge in [-0.05, 0) is 49.2 Å². The summed E-state index contributed by atoms with van der Waals surface area (Å²) in [6, 6.07) is 6.75. The third kappa shape index (κ3) is 1.43. The van der Waals surface area contributed by atoms with E-state index in [-0.39, 0.29) is 5.82 Å². The van der Waals surface area contributed by atoms with Crippen LogP contribution in [0.2, 0.25) is 0 Å². The van der Waals surface area contributed by atoms with E-state index in [1.807, 2.05) is 26.0 Å². The van der Waals surface area contributed by atoms with Crippen LogP contribution in [-0.4, -0.2) is 0 Å². The zero-order valence-electron chi connectivity index (χ0n) is 8.17. The van der Waals surface area contributed by atoms with Crippen molar-refractivity contribution in [3.8, 4) is 11.3 Å². The summed E-state index contributed by atoms with van der Waals surface area (Å²) in [5.41, 5.74) is 2.78. The summed E-state index contributed by atoms with van der Waals surface area (Å²) in [6.45, 7) is 3.77. The van der Waals surface area contributed by atoms with Crippen molar-refractivity contribution < 1.29 is 8.81 Å². The molecule has 14 heavy (non-hydrogen) atoms. The van der Waals surface area contributed by atoms with Crippen molar-refractivity contribution in [3.63, 3.8) is 0 Å². The smallest absolute Gasteiger partial charge is 0.134 e. The first-order valence-electron chi connectivity index (χ1n) is 4.49. The summed E-state index contributed by atoms with van der Waals surface area (Å²) in [5.74, 6) is 0.593. The molecule has 1 aromatic carbocycles. The van der Waals surface area contributed by atoms with Gasteiger partial charge in [0.2, 0.25) is 0 Å². The molecule has 0 aliphatic carbocycles. The lowest BCUT2D eigenvalue weighted by Gasteiger charge is -2.06. The molecule has 1 nitrogen and oxygen atoms in total. The fraction of sp³-hybridized carbons (Fsp3) is 0.167. The van der Waals surface area contributed by atoms with E-state index in [0.717, 1.165) is 22.5 Å². The second kappa shape index (κ2) is 3.29. The van der Waals surface area contributed by atoms with Crippen LogP contribution in [0.4, 0.5) is 4.39 Å². The molecule has 0 saturated heterocycles. The van der Waals surface area contributed by atoms with Crippen molar-refractivity contribution in [3.05, 3.63) is 47.5 Å². The molecule has 0 fully saturated rings. The van der Waals surface area contributed by atoms with Crippen molar-refractivity contribution in [2.45, 2.75) is 13.8 Å². The largest absolute Gasteiger partial charge is 0.464 e. The zero-order valence-corrected chi connectivity index (χ0v) is 8.17. The first-order chi connectivity index (χ1) is 6.68. The zero-order chi connectivity index (χ0) is 10.1. The molecule has 0 unspecified atom stereocenters. The minimum Gasteiger partial charge on any atom is -0.464 e. The Labute approximate surface area is 82.2 Å². The Hall–Kier alpha value is -1.57. The molecule has 72 valence electrons. The lowest BCUT2D eigenvalue weighted by atomic mass is 10.0. The van der Waals surface area contributed by atoms with Gasteiger partial charge in [-0.2, -0.15) is 0 Å². The molecule has 2 heteroatoms. The molecule has 0 atom stereocenters. The third-order valence-electron chi connectivity index (χ3n) is 2.27. The van der Waals surface area contributed by atoms with E-state index in [4.69, 9.17) is 4.42 Å². The van der Waals surface area contributed by atoms with Crippen molar-refractivity contribution in [1.82, 2.24) is 0 Å². The second-order valence-electron chi connectivity index (χ2n) is 3.39. The van der Waals surface area contributed by atoms with Gasteiger partial charge >= 0.3 is 0 Å². The molecule has 0 aliphatic heterocycles. The molecule has 0 bridgehead atoms. The fourth-order valence-electron chi connectivity index (χ4n) is 1.72. The standard InChI is InChI=1S/C12H11FO/c1-8-6-10(13)7-9(2)12(8)11-4-3-5-14-11/h3-7H,1-2H3. The summed E-state index contributed by atoms with van der Waals surface area (Å²) in [6.07, 6.45) is 1.62. The number of aryl methyl sites for hydroxylation is 2. The molecule has 1 heterocycles. The van der Waals surface area contributed by atoms with E-state index in [9.17, 15) is 4.39 Å². The van der Waals surface area contributed by atoms with E-state index >= 15 is 0 Å². The molecule has 0 radical (unpaired) electrons. The van der Waals surface area contributed by atoms with Crippen LogP contribution in [0.5, 0.6) is 0 Å². The van der Waals surface area contributed by atoms with Crippen molar-refractivity contribution in [1.29, 1.82) is 0 Å². The normalized spacial score (nSPS) is 10.5. The van der Waals surface area contributed by atoms with Gasteiger partial charge in [-0.15, -0.1) is 0 Å². The van der Waals surface area contributed by atoms with E-state index in [2.05, 4.69) is 0 Å². The molecule has 0 N–H and O–H groups in total. The maximum absolute atomic E-state index is 13.0. The van der Waals surface area contributed by atoms with Gasteiger partial charge in [-0.25, -0.2) is 4.39 Å². The van der Waals surface area contributed by atoms with E-state index in [0.29, 0.717) is 0 Å². The van der Waals surface area contributed by atoms with Crippen molar-refractivity contribution in [2.75, 3.05) is 0 Å². The van der Waals surface area contributed by atoms with Crippen molar-refractivity contribution >= 4 is 0 Å². The topological polar surface area (TPSA) is 13.1 Å². The van der Waals surface area contributed by atoms with Gasteiger partial charge in [0.1, 0.15) is 11.6 Å². The molecule has 0 spiro atoms. The maximum Gasteiger partial charge on any atom is 0.134 e. The molecule has 2 aromatic rings. The highest BCUT2D eigenvalue weighted by Crippen LogP contribution is 2.28. The quantitative estimate of drug-likeness (QED) is 0.668. The number of hydrogen-bond acceptors (Lipinski definition) is 1. The van der Waals surface area contributed by atoms with Gasteiger partial charge in [-0.3, -0.25) is 0 Å². The van der Waals surface area contributed by atoms with Crippen LogP contribution < -0.4 is 0 Å². The van der Waals surface area contributed by atoms with E-state index in [1.54, 1.807) is 6.26 Å². The number of rotatable bonds is 1. The van der Waals surface area contributed by atoms with Gasteiger partial charge < -0.3 is 4.42 Å². The predicted octanol–water partition coefficient (Wildman–Crippen LogP) is 3.70. The highest BCUT2D eigenvalue weighted by atomic mass is 19.1. The van der Waals surface area contributed by atoms with Crippen LogP contribution in [-0.2, 0) is 0 Å². The Kier molecular flexibility index (Phi) is 2.12. The SMILES string of the molecule is Cc1cc(F)cc(C)c1-c1ccco1. The van der Waals surface area contributed by atoms with Crippen LogP contribution in [0.25, 0.3) is 11.3 Å². The van der Waals surface area contributed by atoms with Crippen LogP contribution in [0.15, 0.2) is 34.9 Å². The van der Waals surface area contributed by atoms with Gasteiger partial charge in [-0.1, -0.05) is 0 Å². The Morgan fingerprint density at radius 1 is 1.14 bits per heavy atom. The minimum atomic E-state index is -0.199. The number of benzene rings is 1. The Balaban J connectivity index is 2.64. The molecule has 0 amide bonds. The van der Waals surface area contributed by atoms with Gasteiger partial charge in [0, 0.05) is 5.56 Å². The highest BCUT2D eigenvalue weighted by Gasteiger charge is 2.09. The van der Waals surface area contributed by atoms with E-state index in [1.165, 1.54) is 12.1 Å². The highest BCUT2D eigenvalue weighted by molar-refractivity contribution is 5.65. The summed E-state index contributed by atoms with van der Waals surface area (Å²) in [5, 5.41) is 0. The first-order valence-corrected chi connectivity index (χ1v) is 4.49.